The maximum Gasteiger partial charge on any atom is 0.00684 e. The van der Waals surface area contributed by atoms with Crippen molar-refractivity contribution in [1.29, 1.82) is 0 Å². The van der Waals surface area contributed by atoms with Crippen LogP contribution in [0.5, 0.6) is 0 Å². The molecule has 0 aromatic heterocycles. The molecule has 2 unspecified atom stereocenters. The molecule has 1 aromatic carbocycles. The van der Waals surface area contributed by atoms with Crippen LogP contribution in [0, 0.1) is 5.92 Å². The van der Waals surface area contributed by atoms with Gasteiger partial charge < -0.3 is 5.32 Å². The Morgan fingerprint density at radius 3 is 2.43 bits per heavy atom. The molecule has 0 amide bonds. The maximum atomic E-state index is 3.74. The summed E-state index contributed by atoms with van der Waals surface area (Å²) < 4.78 is 0. The molecule has 0 radical (unpaired) electrons. The van der Waals surface area contributed by atoms with Crippen LogP contribution < -0.4 is 5.32 Å². The van der Waals surface area contributed by atoms with Crippen molar-refractivity contribution in [2.75, 3.05) is 6.54 Å². The lowest BCUT2D eigenvalue weighted by molar-refractivity contribution is 0.386. The quantitative estimate of drug-likeness (QED) is 0.565. The summed E-state index contributed by atoms with van der Waals surface area (Å²) in [6, 6.07) is 11.9. The first kappa shape index (κ1) is 16.5. The van der Waals surface area contributed by atoms with Crippen LogP contribution >= 0.6 is 0 Å². The van der Waals surface area contributed by atoms with Crippen molar-refractivity contribution in [2.24, 2.45) is 5.92 Å². The fraction of sp³-hybridized carbons (Fsp3) is 0.700. The van der Waals surface area contributed by atoms with E-state index < -0.39 is 0 Å². The van der Waals surface area contributed by atoms with Crippen LogP contribution in [0.15, 0.2) is 30.3 Å². The Morgan fingerprint density at radius 2 is 1.81 bits per heavy atom. The molecule has 1 aromatic rings. The highest BCUT2D eigenvalue weighted by Crippen LogP contribution is 2.28. The first-order chi connectivity index (χ1) is 10.3. The van der Waals surface area contributed by atoms with Crippen molar-refractivity contribution in [2.45, 2.75) is 77.2 Å². The van der Waals surface area contributed by atoms with E-state index in [9.17, 15) is 0 Å². The average Bonchev–Trinajstić information content (AvgIpc) is 3.35. The zero-order chi connectivity index (χ0) is 14.9. The molecule has 1 saturated carbocycles. The topological polar surface area (TPSA) is 12.0 Å². The predicted octanol–water partition coefficient (Wildman–Crippen LogP) is 5.52. The molecule has 1 nitrogen and oxygen atoms in total. The van der Waals surface area contributed by atoms with Crippen molar-refractivity contribution in [3.63, 3.8) is 0 Å². The third-order valence-electron chi connectivity index (χ3n) is 4.97. The molecular formula is C20H33N. The van der Waals surface area contributed by atoms with Crippen LogP contribution in [-0.4, -0.2) is 12.6 Å². The van der Waals surface area contributed by atoms with Gasteiger partial charge in [0.1, 0.15) is 0 Å². The van der Waals surface area contributed by atoms with Crippen molar-refractivity contribution in [1.82, 2.24) is 5.32 Å². The van der Waals surface area contributed by atoms with E-state index in [0.717, 1.165) is 12.0 Å². The van der Waals surface area contributed by atoms with Gasteiger partial charge in [-0.15, -0.1) is 0 Å². The van der Waals surface area contributed by atoms with Gasteiger partial charge in [-0.2, -0.15) is 0 Å². The first-order valence-electron chi connectivity index (χ1n) is 9.11. The van der Waals surface area contributed by atoms with Crippen LogP contribution in [-0.2, 0) is 0 Å². The van der Waals surface area contributed by atoms with Gasteiger partial charge in [-0.1, -0.05) is 69.9 Å². The van der Waals surface area contributed by atoms with E-state index in [1.54, 1.807) is 0 Å². The summed E-state index contributed by atoms with van der Waals surface area (Å²) in [4.78, 5) is 0. The standard InChI is InChI=1S/C20H33N/c1-3-5-9-17(4-2)12-13-19(16-21-20-14-15-20)18-10-7-6-8-11-18/h6-8,10-11,17,19-21H,3-5,9,12-16H2,1-2H3. The minimum absolute atomic E-state index is 0.697. The van der Waals surface area contributed by atoms with Gasteiger partial charge in [0.25, 0.3) is 0 Å². The van der Waals surface area contributed by atoms with Gasteiger partial charge >= 0.3 is 0 Å². The molecule has 0 heterocycles. The number of benzene rings is 1. The highest BCUT2D eigenvalue weighted by Gasteiger charge is 2.22. The fourth-order valence-electron chi connectivity index (χ4n) is 3.19. The molecule has 0 aliphatic heterocycles. The van der Waals surface area contributed by atoms with E-state index in [1.807, 2.05) is 0 Å². The lowest BCUT2D eigenvalue weighted by Gasteiger charge is -2.21. The van der Waals surface area contributed by atoms with Crippen LogP contribution in [0.4, 0.5) is 0 Å². The van der Waals surface area contributed by atoms with Crippen LogP contribution in [0.1, 0.15) is 76.7 Å². The summed E-state index contributed by atoms with van der Waals surface area (Å²) in [5, 5.41) is 3.74. The second kappa shape index (κ2) is 9.25. The number of hydrogen-bond donors (Lipinski definition) is 1. The van der Waals surface area contributed by atoms with Crippen molar-refractivity contribution < 1.29 is 0 Å². The Balaban J connectivity index is 1.85. The number of hydrogen-bond acceptors (Lipinski definition) is 1. The van der Waals surface area contributed by atoms with Gasteiger partial charge in [0.05, 0.1) is 0 Å². The molecule has 1 fully saturated rings. The Kier molecular flexibility index (Phi) is 7.29. The van der Waals surface area contributed by atoms with E-state index in [2.05, 4.69) is 49.5 Å². The Bertz CT molecular complexity index is 369. The lowest BCUT2D eigenvalue weighted by Crippen LogP contribution is -2.24. The van der Waals surface area contributed by atoms with Crippen molar-refractivity contribution in [3.05, 3.63) is 35.9 Å². The largest absolute Gasteiger partial charge is 0.313 e. The summed E-state index contributed by atoms with van der Waals surface area (Å²) in [5.41, 5.74) is 1.52. The fourth-order valence-corrected chi connectivity index (χ4v) is 3.19. The summed E-state index contributed by atoms with van der Waals surface area (Å²) in [7, 11) is 0. The Hall–Kier alpha value is -0.820. The predicted molar refractivity (Wildman–Crippen MR) is 92.7 cm³/mol. The summed E-state index contributed by atoms with van der Waals surface area (Å²) in [6.45, 7) is 5.83. The molecule has 118 valence electrons. The van der Waals surface area contributed by atoms with E-state index in [0.29, 0.717) is 5.92 Å². The highest BCUT2D eigenvalue weighted by molar-refractivity contribution is 5.20. The molecule has 2 rings (SSSR count). The van der Waals surface area contributed by atoms with Crippen molar-refractivity contribution >= 4 is 0 Å². The van der Waals surface area contributed by atoms with E-state index in [4.69, 9.17) is 0 Å². The Morgan fingerprint density at radius 1 is 1.05 bits per heavy atom. The van der Waals surface area contributed by atoms with Gasteiger partial charge in [0.15, 0.2) is 0 Å². The zero-order valence-corrected chi connectivity index (χ0v) is 14.0. The van der Waals surface area contributed by atoms with Crippen LogP contribution in [0.3, 0.4) is 0 Å². The smallest absolute Gasteiger partial charge is 0.00684 e. The second-order valence-corrected chi connectivity index (χ2v) is 6.78. The number of rotatable bonds is 11. The number of unbranched alkanes of at least 4 members (excludes halogenated alkanes) is 1. The molecule has 0 spiro atoms. The molecule has 1 aliphatic rings. The van der Waals surface area contributed by atoms with Crippen molar-refractivity contribution in [3.8, 4) is 0 Å². The molecule has 0 bridgehead atoms. The van der Waals surface area contributed by atoms with Gasteiger partial charge in [-0.05, 0) is 43.1 Å². The number of nitrogens with one attached hydrogen (secondary N) is 1. The summed E-state index contributed by atoms with van der Waals surface area (Å²) >= 11 is 0. The first-order valence-corrected chi connectivity index (χ1v) is 9.11. The minimum Gasteiger partial charge on any atom is -0.313 e. The SMILES string of the molecule is CCCCC(CC)CCC(CNC1CC1)c1ccccc1. The molecule has 1 heteroatoms. The van der Waals surface area contributed by atoms with Gasteiger partial charge in [-0.3, -0.25) is 0 Å². The normalized spacial score (nSPS) is 17.6. The molecule has 0 saturated heterocycles. The van der Waals surface area contributed by atoms with E-state index in [1.165, 1.54) is 63.5 Å². The molecule has 2 atom stereocenters. The van der Waals surface area contributed by atoms with Crippen LogP contribution in [0.25, 0.3) is 0 Å². The lowest BCUT2D eigenvalue weighted by atomic mass is 9.87. The van der Waals surface area contributed by atoms with E-state index in [-0.39, 0.29) is 0 Å². The third-order valence-corrected chi connectivity index (χ3v) is 4.97. The summed E-state index contributed by atoms with van der Waals surface area (Å²) in [5.74, 6) is 1.62. The Labute approximate surface area is 131 Å². The van der Waals surface area contributed by atoms with Crippen LogP contribution in [0.2, 0.25) is 0 Å². The van der Waals surface area contributed by atoms with Gasteiger partial charge in [0, 0.05) is 12.6 Å². The highest BCUT2D eigenvalue weighted by atomic mass is 14.9. The average molecular weight is 287 g/mol. The van der Waals surface area contributed by atoms with E-state index >= 15 is 0 Å². The monoisotopic (exact) mass is 287 g/mol. The third kappa shape index (κ3) is 6.22. The molecule has 1 aliphatic carbocycles. The second-order valence-electron chi connectivity index (χ2n) is 6.78. The maximum absolute atomic E-state index is 3.74. The summed E-state index contributed by atoms with van der Waals surface area (Å²) in [6.07, 6.45) is 11.0. The minimum atomic E-state index is 0.697. The molecular weight excluding hydrogens is 254 g/mol. The van der Waals surface area contributed by atoms with Gasteiger partial charge in [0.2, 0.25) is 0 Å². The molecule has 21 heavy (non-hydrogen) atoms. The molecule has 1 N–H and O–H groups in total. The van der Waals surface area contributed by atoms with Gasteiger partial charge in [-0.25, -0.2) is 0 Å². The zero-order valence-electron chi connectivity index (χ0n) is 14.0.